The van der Waals surface area contributed by atoms with Crippen molar-refractivity contribution in [2.75, 3.05) is 26.2 Å². The fourth-order valence-corrected chi connectivity index (χ4v) is 2.97. The highest BCUT2D eigenvalue weighted by Gasteiger charge is 2.29. The highest BCUT2D eigenvalue weighted by atomic mass is 16.6. The average molecular weight is 334 g/mol. The fourth-order valence-electron chi connectivity index (χ4n) is 2.97. The minimum atomic E-state index is -0.807. The van der Waals surface area contributed by atoms with Gasteiger partial charge in [-0.2, -0.15) is 0 Å². The molecule has 0 radical (unpaired) electrons. The molecule has 1 N–H and O–H groups in total. The Hall–Kier alpha value is -2.08. The summed E-state index contributed by atoms with van der Waals surface area (Å²) in [5.41, 5.74) is 0.961. The molecule has 0 spiro atoms. The van der Waals surface area contributed by atoms with Gasteiger partial charge in [-0.05, 0) is 38.3 Å². The molecule has 1 aliphatic rings. The molecule has 1 aromatic carbocycles. The van der Waals surface area contributed by atoms with Gasteiger partial charge in [0.2, 0.25) is 0 Å². The molecular weight excluding hydrogens is 308 g/mol. The normalized spacial score (nSPS) is 17.9. The zero-order valence-corrected chi connectivity index (χ0v) is 14.4. The van der Waals surface area contributed by atoms with Crippen LogP contribution in [0.15, 0.2) is 30.3 Å². The summed E-state index contributed by atoms with van der Waals surface area (Å²) in [5.74, 6) is -0.519. The standard InChI is InChI=1S/C18H26N2O4/c1-14(2)20(11-16-8-9-19(10-16)12-17(21)22)18(23)24-13-15-6-4-3-5-7-15/h3-7,14,16H,8-13H2,1-2H3,(H,21,22). The first-order valence-corrected chi connectivity index (χ1v) is 8.37. The van der Waals surface area contributed by atoms with E-state index >= 15 is 0 Å². The third kappa shape index (κ3) is 5.53. The van der Waals surface area contributed by atoms with Gasteiger partial charge in [0.1, 0.15) is 6.61 Å². The summed E-state index contributed by atoms with van der Waals surface area (Å²) < 4.78 is 5.43. The van der Waals surface area contributed by atoms with Crippen molar-refractivity contribution in [3.05, 3.63) is 35.9 Å². The first-order chi connectivity index (χ1) is 11.5. The Labute approximate surface area is 143 Å². The summed E-state index contributed by atoms with van der Waals surface area (Å²) in [6, 6.07) is 9.65. The minimum absolute atomic E-state index is 0.0433. The van der Waals surface area contributed by atoms with Crippen molar-refractivity contribution in [2.24, 2.45) is 5.92 Å². The Kier molecular flexibility index (Phi) is 6.61. The summed E-state index contributed by atoms with van der Waals surface area (Å²) in [7, 11) is 0. The lowest BCUT2D eigenvalue weighted by molar-refractivity contribution is -0.138. The second-order valence-electron chi connectivity index (χ2n) is 6.57. The molecule has 24 heavy (non-hydrogen) atoms. The van der Waals surface area contributed by atoms with E-state index in [1.54, 1.807) is 4.90 Å². The number of carbonyl (C=O) groups is 2. The maximum Gasteiger partial charge on any atom is 0.410 e. The molecule has 6 nitrogen and oxygen atoms in total. The molecule has 1 saturated heterocycles. The van der Waals surface area contributed by atoms with E-state index in [2.05, 4.69) is 0 Å². The molecule has 132 valence electrons. The molecule has 2 rings (SSSR count). The number of ether oxygens (including phenoxy) is 1. The van der Waals surface area contributed by atoms with Crippen molar-refractivity contribution in [3.63, 3.8) is 0 Å². The Morgan fingerprint density at radius 3 is 2.67 bits per heavy atom. The molecular formula is C18H26N2O4. The third-order valence-corrected chi connectivity index (χ3v) is 4.25. The van der Waals surface area contributed by atoms with E-state index in [-0.39, 0.29) is 31.2 Å². The average Bonchev–Trinajstić information content (AvgIpc) is 2.97. The highest BCUT2D eigenvalue weighted by Crippen LogP contribution is 2.19. The van der Waals surface area contributed by atoms with Crippen LogP contribution in [0.2, 0.25) is 0 Å². The van der Waals surface area contributed by atoms with Crippen LogP contribution in [0.5, 0.6) is 0 Å². The molecule has 0 saturated carbocycles. The molecule has 1 amide bonds. The van der Waals surface area contributed by atoms with Gasteiger partial charge in [0.25, 0.3) is 0 Å². The molecule has 0 aromatic heterocycles. The van der Waals surface area contributed by atoms with E-state index in [0.717, 1.165) is 18.5 Å². The molecule has 1 fully saturated rings. The lowest BCUT2D eigenvalue weighted by atomic mass is 10.1. The first-order valence-electron chi connectivity index (χ1n) is 8.37. The summed E-state index contributed by atoms with van der Waals surface area (Å²) in [4.78, 5) is 26.8. The Morgan fingerprint density at radius 2 is 2.04 bits per heavy atom. The number of aliphatic carboxylic acids is 1. The molecule has 1 unspecified atom stereocenters. The van der Waals surface area contributed by atoms with Crippen LogP contribution in [-0.2, 0) is 16.1 Å². The number of amides is 1. The van der Waals surface area contributed by atoms with Gasteiger partial charge in [-0.3, -0.25) is 9.69 Å². The van der Waals surface area contributed by atoms with Crippen molar-refractivity contribution in [1.82, 2.24) is 9.80 Å². The summed E-state index contributed by atoms with van der Waals surface area (Å²) in [5, 5.41) is 8.87. The van der Waals surface area contributed by atoms with Gasteiger partial charge in [-0.25, -0.2) is 4.79 Å². The smallest absolute Gasteiger partial charge is 0.410 e. The van der Waals surface area contributed by atoms with E-state index in [1.807, 2.05) is 49.1 Å². The fraction of sp³-hybridized carbons (Fsp3) is 0.556. The number of carboxylic acids is 1. The van der Waals surface area contributed by atoms with Crippen molar-refractivity contribution in [1.29, 1.82) is 0 Å². The molecule has 6 heteroatoms. The predicted molar refractivity (Wildman–Crippen MR) is 90.7 cm³/mol. The van der Waals surface area contributed by atoms with Gasteiger partial charge in [0.15, 0.2) is 0 Å². The van der Waals surface area contributed by atoms with Crippen molar-refractivity contribution >= 4 is 12.1 Å². The zero-order chi connectivity index (χ0) is 17.5. The first kappa shape index (κ1) is 18.3. The van der Waals surface area contributed by atoms with Gasteiger partial charge >= 0.3 is 12.1 Å². The quantitative estimate of drug-likeness (QED) is 0.829. The minimum Gasteiger partial charge on any atom is -0.480 e. The van der Waals surface area contributed by atoms with E-state index in [0.29, 0.717) is 13.1 Å². The van der Waals surface area contributed by atoms with Crippen LogP contribution in [0, 0.1) is 5.92 Å². The number of nitrogens with zero attached hydrogens (tertiary/aromatic N) is 2. The third-order valence-electron chi connectivity index (χ3n) is 4.25. The Balaban J connectivity index is 1.85. The van der Waals surface area contributed by atoms with Crippen LogP contribution < -0.4 is 0 Å². The van der Waals surface area contributed by atoms with Crippen LogP contribution in [0.25, 0.3) is 0 Å². The number of likely N-dealkylation sites (tertiary alicyclic amines) is 1. The largest absolute Gasteiger partial charge is 0.480 e. The van der Waals surface area contributed by atoms with Crippen LogP contribution in [0.1, 0.15) is 25.8 Å². The summed E-state index contributed by atoms with van der Waals surface area (Å²) in [6.45, 7) is 6.34. The maximum atomic E-state index is 12.4. The molecule has 1 heterocycles. The number of rotatable bonds is 7. The number of carbonyl (C=O) groups excluding carboxylic acids is 1. The van der Waals surface area contributed by atoms with E-state index in [4.69, 9.17) is 9.84 Å². The number of carboxylic acid groups (broad SMARTS) is 1. The zero-order valence-electron chi connectivity index (χ0n) is 14.4. The monoisotopic (exact) mass is 334 g/mol. The molecule has 0 bridgehead atoms. The van der Waals surface area contributed by atoms with Crippen LogP contribution in [-0.4, -0.2) is 59.2 Å². The number of hydrogen-bond donors (Lipinski definition) is 1. The second-order valence-corrected chi connectivity index (χ2v) is 6.57. The Morgan fingerprint density at radius 1 is 1.33 bits per heavy atom. The Bertz CT molecular complexity index is 547. The van der Waals surface area contributed by atoms with E-state index < -0.39 is 5.97 Å². The second kappa shape index (κ2) is 8.68. The molecule has 0 aliphatic carbocycles. The van der Waals surface area contributed by atoms with E-state index in [1.165, 1.54) is 0 Å². The van der Waals surface area contributed by atoms with Crippen LogP contribution in [0.3, 0.4) is 0 Å². The SMILES string of the molecule is CC(C)N(CC1CCN(CC(=O)O)C1)C(=O)OCc1ccccc1. The highest BCUT2D eigenvalue weighted by molar-refractivity contribution is 5.69. The van der Waals surface area contributed by atoms with Gasteiger partial charge < -0.3 is 14.7 Å². The topological polar surface area (TPSA) is 70.1 Å². The molecule has 1 aliphatic heterocycles. The van der Waals surface area contributed by atoms with Gasteiger partial charge in [-0.15, -0.1) is 0 Å². The van der Waals surface area contributed by atoms with Gasteiger partial charge in [-0.1, -0.05) is 30.3 Å². The van der Waals surface area contributed by atoms with Crippen LogP contribution >= 0.6 is 0 Å². The predicted octanol–water partition coefficient (Wildman–Crippen LogP) is 2.44. The summed E-state index contributed by atoms with van der Waals surface area (Å²) in [6.07, 6.45) is 0.591. The molecule has 1 atom stereocenters. The lowest BCUT2D eigenvalue weighted by Gasteiger charge is -2.28. The van der Waals surface area contributed by atoms with Crippen molar-refractivity contribution < 1.29 is 19.4 Å². The van der Waals surface area contributed by atoms with Crippen LogP contribution in [0.4, 0.5) is 4.79 Å². The van der Waals surface area contributed by atoms with Gasteiger partial charge in [0.05, 0.1) is 6.54 Å². The molecule has 1 aromatic rings. The maximum absolute atomic E-state index is 12.4. The van der Waals surface area contributed by atoms with E-state index in [9.17, 15) is 9.59 Å². The van der Waals surface area contributed by atoms with Crippen molar-refractivity contribution in [3.8, 4) is 0 Å². The number of benzene rings is 1. The number of hydrogen-bond acceptors (Lipinski definition) is 4. The lowest BCUT2D eigenvalue weighted by Crippen LogP contribution is -2.41. The van der Waals surface area contributed by atoms with Crippen molar-refractivity contribution in [2.45, 2.75) is 32.9 Å². The summed E-state index contributed by atoms with van der Waals surface area (Å²) >= 11 is 0. The van der Waals surface area contributed by atoms with Gasteiger partial charge in [0, 0.05) is 19.1 Å².